The molecule has 0 N–H and O–H groups in total. The van der Waals surface area contributed by atoms with Crippen LogP contribution in [0, 0.1) is 19.9 Å². The molecule has 0 aromatic heterocycles. The van der Waals surface area contributed by atoms with Crippen molar-refractivity contribution in [1.82, 2.24) is 0 Å². The fraction of sp³-hybridized carbons (Fsp3) is 0.500. The summed E-state index contributed by atoms with van der Waals surface area (Å²) in [7, 11) is 0. The summed E-state index contributed by atoms with van der Waals surface area (Å²) in [6.45, 7) is 7.07. The van der Waals surface area contributed by atoms with Crippen molar-refractivity contribution in [3.8, 4) is 5.75 Å². The molecule has 0 aliphatic carbocycles. The van der Waals surface area contributed by atoms with Crippen LogP contribution < -0.4 is 4.74 Å². The van der Waals surface area contributed by atoms with Crippen LogP contribution in [-0.4, -0.2) is 6.61 Å². The van der Waals surface area contributed by atoms with Crippen molar-refractivity contribution in [3.05, 3.63) is 29.3 Å². The number of rotatable bonds is 4. The molecule has 1 nitrogen and oxygen atoms in total. The first-order valence-corrected chi connectivity index (χ1v) is 12.1. The number of aryl methyl sites for hydroxylation is 2. The maximum atomic E-state index is 5.59. The van der Waals surface area contributed by atoms with E-state index in [0.717, 1.165) is 29.9 Å². The Balaban J connectivity index is 0.000000921. The van der Waals surface area contributed by atoms with Crippen molar-refractivity contribution in [2.45, 2.75) is 33.6 Å². The molecule has 1 rings (SSSR count). The molecule has 3 heteroatoms. The normalized spacial score (nSPS) is 9.20. The molecule has 0 amide bonds. The van der Waals surface area contributed by atoms with Gasteiger partial charge in [0.25, 0.3) is 0 Å². The van der Waals surface area contributed by atoms with Gasteiger partial charge >= 0.3 is 30.0 Å². The van der Waals surface area contributed by atoms with Crippen molar-refractivity contribution in [2.75, 3.05) is 6.61 Å². The summed E-state index contributed by atoms with van der Waals surface area (Å²) in [4.78, 5) is 0. The van der Waals surface area contributed by atoms with Crippen LogP contribution in [0.1, 0.15) is 30.9 Å². The molecule has 0 heterocycles. The first-order chi connectivity index (χ1) is 7.22. The van der Waals surface area contributed by atoms with Crippen molar-refractivity contribution in [2.24, 2.45) is 0 Å². The molecule has 1 aromatic carbocycles. The SMILES string of the molecule is CCCCOc1cc(C)[c-]c(C)c1.[Zn+][Br]. The van der Waals surface area contributed by atoms with Gasteiger partial charge in [0.1, 0.15) is 0 Å². The van der Waals surface area contributed by atoms with E-state index in [0.29, 0.717) is 0 Å². The fourth-order valence-electron chi connectivity index (χ4n) is 1.27. The third-order valence-corrected chi connectivity index (χ3v) is 1.88. The van der Waals surface area contributed by atoms with E-state index in [-0.39, 0.29) is 0 Å². The van der Waals surface area contributed by atoms with Gasteiger partial charge in [0.2, 0.25) is 0 Å². The second kappa shape index (κ2) is 9.36. The number of hydrogen-bond acceptors (Lipinski definition) is 1. The quantitative estimate of drug-likeness (QED) is 0.460. The zero-order chi connectivity index (χ0) is 11.7. The van der Waals surface area contributed by atoms with Gasteiger partial charge in [0, 0.05) is 5.75 Å². The molecule has 0 atom stereocenters. The minimum atomic E-state index is 0.819. The summed E-state index contributed by atoms with van der Waals surface area (Å²) in [5, 5.41) is 0. The van der Waals surface area contributed by atoms with Crippen LogP contribution in [-0.2, 0) is 16.3 Å². The summed E-state index contributed by atoms with van der Waals surface area (Å²) < 4.78 is 5.59. The van der Waals surface area contributed by atoms with Crippen LogP contribution in [0.5, 0.6) is 5.75 Å². The monoisotopic (exact) mass is 320 g/mol. The van der Waals surface area contributed by atoms with Crippen LogP contribution in [0.2, 0.25) is 0 Å². The van der Waals surface area contributed by atoms with Gasteiger partial charge in [0.15, 0.2) is 0 Å². The van der Waals surface area contributed by atoms with Gasteiger partial charge in [-0.15, -0.1) is 12.1 Å². The van der Waals surface area contributed by atoms with E-state index in [1.807, 2.05) is 26.0 Å². The van der Waals surface area contributed by atoms with E-state index >= 15 is 0 Å². The standard InChI is InChI=1S/C12H17O.BrH.Zn/c1-4-5-6-13-12-8-10(2)7-11(3)9-12;;/h8-9H,4-6H2,1-3H3;1H;/q-1;;+2/p-1. The maximum absolute atomic E-state index is 5.59. The minimum absolute atomic E-state index is 0.819. The number of benzene rings is 1. The van der Waals surface area contributed by atoms with E-state index in [2.05, 4.69) is 26.6 Å². The predicted molar refractivity (Wildman–Crippen MR) is 64.1 cm³/mol. The molecule has 0 aliphatic heterocycles. The van der Waals surface area contributed by atoms with Gasteiger partial charge in [-0.2, -0.15) is 17.2 Å². The third-order valence-electron chi connectivity index (χ3n) is 1.88. The van der Waals surface area contributed by atoms with Crippen LogP contribution in [0.25, 0.3) is 0 Å². The fourth-order valence-corrected chi connectivity index (χ4v) is 1.27. The van der Waals surface area contributed by atoms with Crippen molar-refractivity contribution in [3.63, 3.8) is 0 Å². The average molecular weight is 323 g/mol. The molecule has 0 bridgehead atoms. The molecule has 0 radical (unpaired) electrons. The van der Waals surface area contributed by atoms with Crippen LogP contribution in [0.4, 0.5) is 0 Å². The first-order valence-electron chi connectivity index (χ1n) is 5.12. The Bertz CT molecular complexity index is 256. The van der Waals surface area contributed by atoms with Crippen molar-refractivity contribution >= 4 is 13.6 Å². The number of unbranched alkanes of at least 4 members (excludes halogenated alkanes) is 1. The zero-order valence-corrected chi connectivity index (χ0v) is 14.3. The molecule has 0 saturated heterocycles. The first kappa shape index (κ1) is 15.1. The van der Waals surface area contributed by atoms with E-state index in [1.165, 1.54) is 22.8 Å². The third kappa shape index (κ3) is 7.08. The van der Waals surface area contributed by atoms with Gasteiger partial charge in [-0.25, -0.2) is 0 Å². The molecule has 0 saturated carbocycles. The Kier molecular flexibility index (Phi) is 9.43. The van der Waals surface area contributed by atoms with Gasteiger partial charge in [-0.05, 0) is 6.42 Å². The van der Waals surface area contributed by atoms with Crippen molar-refractivity contribution < 1.29 is 21.1 Å². The number of halogens is 1. The molecule has 0 aliphatic rings. The van der Waals surface area contributed by atoms with Crippen molar-refractivity contribution in [1.29, 1.82) is 0 Å². The van der Waals surface area contributed by atoms with Gasteiger partial charge < -0.3 is 4.74 Å². The summed E-state index contributed by atoms with van der Waals surface area (Å²) in [6, 6.07) is 7.28. The Morgan fingerprint density at radius 3 is 2.27 bits per heavy atom. The molecule has 0 spiro atoms. The summed E-state index contributed by atoms with van der Waals surface area (Å²) >= 11 is 4.25. The predicted octanol–water partition coefficient (Wildman–Crippen LogP) is 4.13. The van der Waals surface area contributed by atoms with Crippen LogP contribution in [0.3, 0.4) is 0 Å². The van der Waals surface area contributed by atoms with E-state index < -0.39 is 0 Å². The van der Waals surface area contributed by atoms with Crippen LogP contribution in [0.15, 0.2) is 12.1 Å². The van der Waals surface area contributed by atoms with E-state index in [1.54, 1.807) is 0 Å². The number of ether oxygens (including phenoxy) is 1. The molecule has 15 heavy (non-hydrogen) atoms. The summed E-state index contributed by atoms with van der Waals surface area (Å²) in [6.07, 6.45) is 2.30. The summed E-state index contributed by atoms with van der Waals surface area (Å²) in [5.41, 5.74) is 2.29. The second-order valence-electron chi connectivity index (χ2n) is 3.38. The molecular weight excluding hydrogens is 305 g/mol. The van der Waals surface area contributed by atoms with Gasteiger partial charge in [-0.1, -0.05) is 27.2 Å². The summed E-state index contributed by atoms with van der Waals surface area (Å²) in [5.74, 6) is 0.974. The van der Waals surface area contributed by atoms with Gasteiger partial charge in [0.05, 0.1) is 6.61 Å². The molecule has 0 fully saturated rings. The Labute approximate surface area is 110 Å². The Morgan fingerprint density at radius 1 is 1.27 bits per heavy atom. The Hall–Kier alpha value is 0.123. The second-order valence-corrected chi connectivity index (χ2v) is 3.38. The number of hydrogen-bond donors (Lipinski definition) is 0. The molecule has 80 valence electrons. The molecular formula is C12H17BrOZn. The average Bonchev–Trinajstić information content (AvgIpc) is 2.20. The molecule has 0 unspecified atom stereocenters. The van der Waals surface area contributed by atoms with E-state index in [4.69, 9.17) is 4.74 Å². The van der Waals surface area contributed by atoms with Gasteiger partial charge in [-0.3, -0.25) is 0 Å². The topological polar surface area (TPSA) is 9.23 Å². The molecule has 1 aromatic rings. The Morgan fingerprint density at radius 2 is 1.80 bits per heavy atom. The van der Waals surface area contributed by atoms with E-state index in [9.17, 15) is 0 Å². The van der Waals surface area contributed by atoms with Crippen LogP contribution >= 0.6 is 13.6 Å². The zero-order valence-electron chi connectivity index (χ0n) is 9.77.